The van der Waals surface area contributed by atoms with Crippen molar-refractivity contribution in [3.8, 4) is 11.5 Å². The molecule has 1 atom stereocenters. The van der Waals surface area contributed by atoms with Crippen molar-refractivity contribution in [1.82, 2.24) is 9.78 Å². The van der Waals surface area contributed by atoms with Crippen LogP contribution in [-0.4, -0.2) is 27.9 Å². The highest BCUT2D eigenvalue weighted by molar-refractivity contribution is 5.94. The Morgan fingerprint density at radius 3 is 2.81 bits per heavy atom. The van der Waals surface area contributed by atoms with Crippen molar-refractivity contribution < 1.29 is 14.6 Å². The monoisotopic (exact) mass is 349 g/mol. The smallest absolute Gasteiger partial charge is 0.226 e. The summed E-state index contributed by atoms with van der Waals surface area (Å²) in [4.78, 5) is 12.3. The lowest BCUT2D eigenvalue weighted by Gasteiger charge is -2.24. The number of hydrogen-bond acceptors (Lipinski definition) is 4. The van der Waals surface area contributed by atoms with E-state index in [2.05, 4.69) is 10.4 Å². The van der Waals surface area contributed by atoms with Crippen LogP contribution in [0.1, 0.15) is 29.0 Å². The summed E-state index contributed by atoms with van der Waals surface area (Å²) in [5.41, 5.74) is 2.92. The van der Waals surface area contributed by atoms with E-state index in [4.69, 9.17) is 4.74 Å². The molecule has 6 nitrogen and oxygen atoms in total. The Morgan fingerprint density at radius 2 is 2.08 bits per heavy atom. The Morgan fingerprint density at radius 1 is 1.27 bits per heavy atom. The van der Waals surface area contributed by atoms with Crippen molar-refractivity contribution in [3.63, 3.8) is 0 Å². The average molecular weight is 349 g/mol. The van der Waals surface area contributed by atoms with E-state index in [1.54, 1.807) is 23.0 Å². The van der Waals surface area contributed by atoms with Gasteiger partial charge in [0, 0.05) is 17.9 Å². The van der Waals surface area contributed by atoms with Crippen LogP contribution in [-0.2, 0) is 11.3 Å². The third-order valence-corrected chi connectivity index (χ3v) is 4.67. The summed E-state index contributed by atoms with van der Waals surface area (Å²) in [6.45, 7) is 0.580. The molecule has 0 radical (unpaired) electrons. The third-order valence-electron chi connectivity index (χ3n) is 4.67. The van der Waals surface area contributed by atoms with Gasteiger partial charge < -0.3 is 15.2 Å². The van der Waals surface area contributed by atoms with Crippen molar-refractivity contribution in [2.75, 3.05) is 12.4 Å². The number of carbonyl (C=O) groups is 1. The second-order valence-corrected chi connectivity index (χ2v) is 6.33. The van der Waals surface area contributed by atoms with E-state index in [0.717, 1.165) is 16.7 Å². The quantitative estimate of drug-likeness (QED) is 0.759. The summed E-state index contributed by atoms with van der Waals surface area (Å²) in [5, 5.41) is 17.5. The highest BCUT2D eigenvalue weighted by Gasteiger charge is 2.30. The zero-order valence-corrected chi connectivity index (χ0v) is 14.3. The minimum atomic E-state index is -0.153. The molecule has 0 fully saturated rings. The fourth-order valence-corrected chi connectivity index (χ4v) is 3.37. The number of nitrogens with zero attached hydrogens (tertiary/aromatic N) is 2. The molecule has 0 bridgehead atoms. The first kappa shape index (κ1) is 16.2. The van der Waals surface area contributed by atoms with Gasteiger partial charge in [-0.1, -0.05) is 36.4 Å². The number of anilines is 1. The Kier molecular flexibility index (Phi) is 4.08. The van der Waals surface area contributed by atoms with E-state index in [1.807, 2.05) is 36.4 Å². The lowest BCUT2D eigenvalue weighted by molar-refractivity contribution is -0.116. The van der Waals surface area contributed by atoms with Gasteiger partial charge in [0.25, 0.3) is 0 Å². The van der Waals surface area contributed by atoms with Gasteiger partial charge in [-0.25, -0.2) is 4.68 Å². The van der Waals surface area contributed by atoms with Crippen LogP contribution < -0.4 is 10.1 Å². The molecule has 2 N–H and O–H groups in total. The number of methoxy groups -OCH3 is 1. The highest BCUT2D eigenvalue weighted by atomic mass is 16.5. The topological polar surface area (TPSA) is 76.4 Å². The van der Waals surface area contributed by atoms with Gasteiger partial charge in [-0.3, -0.25) is 4.79 Å². The molecule has 4 rings (SSSR count). The third kappa shape index (κ3) is 2.90. The van der Waals surface area contributed by atoms with Crippen LogP contribution in [0.25, 0.3) is 0 Å². The number of aromatic nitrogens is 2. The van der Waals surface area contributed by atoms with E-state index < -0.39 is 0 Å². The summed E-state index contributed by atoms with van der Waals surface area (Å²) < 4.78 is 6.91. The van der Waals surface area contributed by atoms with E-state index in [0.29, 0.717) is 24.5 Å². The fourth-order valence-electron chi connectivity index (χ4n) is 3.37. The number of nitrogens with one attached hydrogen (secondary N) is 1. The number of aromatic hydroxyl groups is 1. The first-order valence-corrected chi connectivity index (χ1v) is 8.42. The van der Waals surface area contributed by atoms with Gasteiger partial charge in [-0.2, -0.15) is 5.10 Å². The summed E-state index contributed by atoms with van der Waals surface area (Å²) in [5.74, 6) is 0.973. The molecule has 0 aliphatic carbocycles. The molecule has 0 unspecified atom stereocenters. The van der Waals surface area contributed by atoms with E-state index in [9.17, 15) is 9.90 Å². The normalized spacial score (nSPS) is 16.0. The maximum Gasteiger partial charge on any atom is 0.226 e. The number of ether oxygens (including phenoxy) is 1. The standard InChI is InChI=1S/C20H19N3O3/c1-26-18-8-7-14(9-17(18)24)15-10-19(25)22-20-16(15)11-21-23(20)12-13-5-3-2-4-6-13/h2-9,11,15,24H,10,12H2,1H3,(H,22,25)/t15-/m0/s1. The lowest BCUT2D eigenvalue weighted by atomic mass is 9.87. The molecule has 6 heteroatoms. The van der Waals surface area contributed by atoms with Crippen molar-refractivity contribution in [3.05, 3.63) is 71.4 Å². The molecule has 2 aromatic carbocycles. The van der Waals surface area contributed by atoms with E-state index in [-0.39, 0.29) is 17.6 Å². The molecule has 26 heavy (non-hydrogen) atoms. The molecular formula is C20H19N3O3. The van der Waals surface area contributed by atoms with E-state index in [1.165, 1.54) is 7.11 Å². The highest BCUT2D eigenvalue weighted by Crippen LogP contribution is 2.39. The van der Waals surface area contributed by atoms with Gasteiger partial charge in [-0.15, -0.1) is 0 Å². The number of fused-ring (bicyclic) bond motifs is 1. The Balaban J connectivity index is 1.70. The minimum absolute atomic E-state index is 0.0624. The fraction of sp³-hybridized carbons (Fsp3) is 0.200. The van der Waals surface area contributed by atoms with Crippen molar-refractivity contribution in [1.29, 1.82) is 0 Å². The molecule has 1 aliphatic heterocycles. The largest absolute Gasteiger partial charge is 0.504 e. The van der Waals surface area contributed by atoms with Gasteiger partial charge >= 0.3 is 0 Å². The SMILES string of the molecule is COc1ccc([C@@H]2CC(=O)Nc3c2cnn3Cc2ccccc2)cc1O. The zero-order chi connectivity index (χ0) is 18.1. The molecular weight excluding hydrogens is 330 g/mol. The number of rotatable bonds is 4. The van der Waals surface area contributed by atoms with Crippen molar-refractivity contribution >= 4 is 11.7 Å². The molecule has 3 aromatic rings. The molecule has 0 spiro atoms. The molecule has 1 amide bonds. The summed E-state index contributed by atoms with van der Waals surface area (Å²) >= 11 is 0. The van der Waals surface area contributed by atoms with Crippen LogP contribution in [0.4, 0.5) is 5.82 Å². The van der Waals surface area contributed by atoms with Gasteiger partial charge in [0.1, 0.15) is 5.82 Å². The number of carbonyl (C=O) groups excluding carboxylic acids is 1. The number of phenolic OH excluding ortho intramolecular Hbond substituents is 1. The van der Waals surface area contributed by atoms with Crippen LogP contribution in [0.5, 0.6) is 11.5 Å². The summed E-state index contributed by atoms with van der Waals surface area (Å²) in [7, 11) is 1.51. The maximum atomic E-state index is 12.3. The second-order valence-electron chi connectivity index (χ2n) is 6.33. The zero-order valence-electron chi connectivity index (χ0n) is 14.3. The maximum absolute atomic E-state index is 12.3. The van der Waals surface area contributed by atoms with Crippen LogP contribution in [0.2, 0.25) is 0 Å². The summed E-state index contributed by atoms with van der Waals surface area (Å²) in [6.07, 6.45) is 2.11. The molecule has 0 saturated carbocycles. The first-order chi connectivity index (χ1) is 12.7. The average Bonchev–Trinajstić information content (AvgIpc) is 3.04. The van der Waals surface area contributed by atoms with E-state index >= 15 is 0 Å². The Hall–Kier alpha value is -3.28. The number of amides is 1. The molecule has 1 aliphatic rings. The predicted octanol–water partition coefficient (Wildman–Crippen LogP) is 3.12. The van der Waals surface area contributed by atoms with Crippen molar-refractivity contribution in [2.24, 2.45) is 0 Å². The van der Waals surface area contributed by atoms with Crippen LogP contribution in [0, 0.1) is 0 Å². The minimum Gasteiger partial charge on any atom is -0.504 e. The second kappa shape index (κ2) is 6.55. The van der Waals surface area contributed by atoms with Crippen LogP contribution in [0.15, 0.2) is 54.7 Å². The van der Waals surface area contributed by atoms with Crippen LogP contribution >= 0.6 is 0 Å². The Labute approximate surface area is 151 Å². The van der Waals surface area contributed by atoms with Gasteiger partial charge in [0.2, 0.25) is 5.91 Å². The number of phenols is 1. The molecule has 0 saturated heterocycles. The molecule has 132 valence electrons. The first-order valence-electron chi connectivity index (χ1n) is 8.42. The van der Waals surface area contributed by atoms with Gasteiger partial charge in [-0.05, 0) is 23.3 Å². The molecule has 1 aromatic heterocycles. The van der Waals surface area contributed by atoms with Crippen LogP contribution in [0.3, 0.4) is 0 Å². The lowest BCUT2D eigenvalue weighted by Crippen LogP contribution is -2.25. The predicted molar refractivity (Wildman–Crippen MR) is 97.5 cm³/mol. The number of hydrogen-bond donors (Lipinski definition) is 2. The Bertz CT molecular complexity index is 950. The number of benzene rings is 2. The van der Waals surface area contributed by atoms with Gasteiger partial charge in [0.15, 0.2) is 11.5 Å². The summed E-state index contributed by atoms with van der Waals surface area (Å²) in [6, 6.07) is 15.2. The van der Waals surface area contributed by atoms with Gasteiger partial charge in [0.05, 0.1) is 19.9 Å². The van der Waals surface area contributed by atoms with Crippen molar-refractivity contribution in [2.45, 2.75) is 18.9 Å². The molecule has 2 heterocycles.